The molecule has 8 heteroatoms. The number of hydrogen-bond acceptors (Lipinski definition) is 4. The van der Waals surface area contributed by atoms with E-state index in [1.807, 2.05) is 73.0 Å². The number of hydrogen-bond donors (Lipinski definition) is 2. The fourth-order valence-electron chi connectivity index (χ4n) is 2.69. The monoisotopic (exact) mass is 395 g/mol. The van der Waals surface area contributed by atoms with E-state index >= 15 is 0 Å². The molecule has 1 amide bonds. The van der Waals surface area contributed by atoms with Crippen molar-refractivity contribution < 1.29 is 4.79 Å². The maximum atomic E-state index is 12.6. The van der Waals surface area contributed by atoms with Gasteiger partial charge in [-0.15, -0.1) is 35.0 Å². The van der Waals surface area contributed by atoms with Crippen molar-refractivity contribution in [2.75, 3.05) is 0 Å². The van der Waals surface area contributed by atoms with Crippen LogP contribution in [0, 0.1) is 5.92 Å². The van der Waals surface area contributed by atoms with E-state index in [0.29, 0.717) is 5.82 Å². The predicted octanol–water partition coefficient (Wildman–Crippen LogP) is 3.09. The molecule has 0 spiro atoms. The van der Waals surface area contributed by atoms with Gasteiger partial charge in [0, 0.05) is 12.2 Å². The topological polar surface area (TPSA) is 85.3 Å². The molecule has 2 heterocycles. The molecule has 0 bridgehead atoms. The number of nitrogens with zero attached hydrogens (tertiary/aromatic N) is 3. The molecule has 2 aromatic heterocycles. The largest absolute Gasteiger partial charge is 0.346 e. The van der Waals surface area contributed by atoms with E-state index in [2.05, 4.69) is 15.5 Å². The first-order valence-electron chi connectivity index (χ1n) is 7.98. The van der Waals surface area contributed by atoms with Gasteiger partial charge in [-0.05, 0) is 24.6 Å². The van der Waals surface area contributed by atoms with Gasteiger partial charge in [0.25, 0.3) is 0 Å². The molecular weight excluding hydrogens is 373 g/mol. The average molecular weight is 396 g/mol. The number of halogens is 2. The fourth-order valence-corrected chi connectivity index (χ4v) is 2.69. The summed E-state index contributed by atoms with van der Waals surface area (Å²) in [4.78, 5) is 12.6. The molecular formula is C18H23Cl2N5O. The number of nitrogens with two attached hydrogens (primary N) is 1. The molecule has 0 saturated carbocycles. The number of aromatic nitrogens is 3. The summed E-state index contributed by atoms with van der Waals surface area (Å²) in [6, 6.07) is 14.7. The van der Waals surface area contributed by atoms with Gasteiger partial charge in [0.05, 0.1) is 12.0 Å². The molecule has 3 unspecified atom stereocenters. The lowest BCUT2D eigenvalue weighted by Gasteiger charge is -2.22. The molecule has 0 radical (unpaired) electrons. The van der Waals surface area contributed by atoms with Crippen LogP contribution >= 0.6 is 24.8 Å². The molecule has 26 heavy (non-hydrogen) atoms. The first-order chi connectivity index (χ1) is 11.6. The highest BCUT2D eigenvalue weighted by Crippen LogP contribution is 2.20. The molecule has 0 aliphatic heterocycles. The minimum Gasteiger partial charge on any atom is -0.346 e. The van der Waals surface area contributed by atoms with Gasteiger partial charge >= 0.3 is 0 Å². The molecule has 3 N–H and O–H groups in total. The molecule has 3 rings (SSSR count). The van der Waals surface area contributed by atoms with E-state index < -0.39 is 0 Å². The molecule has 0 aliphatic rings. The minimum atomic E-state index is -0.353. The van der Waals surface area contributed by atoms with Crippen LogP contribution in [-0.4, -0.2) is 20.5 Å². The highest BCUT2D eigenvalue weighted by atomic mass is 35.5. The van der Waals surface area contributed by atoms with Gasteiger partial charge in [-0.3, -0.25) is 9.20 Å². The van der Waals surface area contributed by atoms with Gasteiger partial charge < -0.3 is 11.1 Å². The standard InChI is InChI=1S/C18H21N5O.2ClH/c1-12(16(19)14-8-4-3-5-9-14)18(24)20-13(2)17-22-21-15-10-6-7-11-23(15)17;;/h3-13,16H,19H2,1-2H3,(H,20,24);2*1H. The normalized spacial score (nSPS) is 13.8. The number of amides is 1. The molecule has 140 valence electrons. The van der Waals surface area contributed by atoms with Crippen molar-refractivity contribution in [3.05, 3.63) is 66.1 Å². The zero-order valence-electron chi connectivity index (χ0n) is 14.6. The Bertz CT molecular complexity index is 840. The van der Waals surface area contributed by atoms with E-state index in [4.69, 9.17) is 5.73 Å². The molecule has 0 fully saturated rings. The number of carbonyl (C=O) groups excluding carboxylic acids is 1. The summed E-state index contributed by atoms with van der Waals surface area (Å²) in [7, 11) is 0. The van der Waals surface area contributed by atoms with E-state index in [-0.39, 0.29) is 48.7 Å². The Morgan fingerprint density at radius 1 is 1.04 bits per heavy atom. The number of fused-ring (bicyclic) bond motifs is 1. The fraction of sp³-hybridized carbons (Fsp3) is 0.278. The van der Waals surface area contributed by atoms with Gasteiger partial charge in [-0.1, -0.05) is 43.3 Å². The van der Waals surface area contributed by atoms with Crippen molar-refractivity contribution in [3.63, 3.8) is 0 Å². The van der Waals surface area contributed by atoms with Crippen LogP contribution in [0.25, 0.3) is 5.65 Å². The lowest BCUT2D eigenvalue weighted by molar-refractivity contribution is -0.125. The smallest absolute Gasteiger partial charge is 0.225 e. The summed E-state index contributed by atoms with van der Waals surface area (Å²) in [5, 5.41) is 11.3. The Hall–Kier alpha value is -2.15. The number of benzene rings is 1. The first-order valence-corrected chi connectivity index (χ1v) is 7.98. The van der Waals surface area contributed by atoms with Gasteiger partial charge in [0.2, 0.25) is 5.91 Å². The number of rotatable bonds is 5. The van der Waals surface area contributed by atoms with Gasteiger partial charge in [-0.2, -0.15) is 0 Å². The molecule has 1 aromatic carbocycles. The zero-order valence-corrected chi connectivity index (χ0v) is 16.2. The van der Waals surface area contributed by atoms with Gasteiger partial charge in [0.1, 0.15) is 0 Å². The van der Waals surface area contributed by atoms with Crippen molar-refractivity contribution in [1.29, 1.82) is 0 Å². The van der Waals surface area contributed by atoms with Crippen LogP contribution in [0.2, 0.25) is 0 Å². The Morgan fingerprint density at radius 2 is 1.69 bits per heavy atom. The van der Waals surface area contributed by atoms with Crippen LogP contribution < -0.4 is 11.1 Å². The second kappa shape index (κ2) is 9.52. The Morgan fingerprint density at radius 3 is 2.38 bits per heavy atom. The predicted molar refractivity (Wildman–Crippen MR) is 107 cm³/mol. The summed E-state index contributed by atoms with van der Waals surface area (Å²) >= 11 is 0. The third-order valence-corrected chi connectivity index (χ3v) is 4.22. The van der Waals surface area contributed by atoms with E-state index in [1.165, 1.54) is 0 Å². The van der Waals surface area contributed by atoms with Crippen LogP contribution in [-0.2, 0) is 4.79 Å². The van der Waals surface area contributed by atoms with E-state index in [0.717, 1.165) is 11.2 Å². The maximum Gasteiger partial charge on any atom is 0.225 e. The Labute approximate surface area is 165 Å². The lowest BCUT2D eigenvalue weighted by atomic mass is 9.94. The van der Waals surface area contributed by atoms with Crippen molar-refractivity contribution in [3.8, 4) is 0 Å². The quantitative estimate of drug-likeness (QED) is 0.694. The maximum absolute atomic E-state index is 12.6. The van der Waals surface area contributed by atoms with Gasteiger partial charge in [0.15, 0.2) is 11.5 Å². The molecule has 0 saturated heterocycles. The highest BCUT2D eigenvalue weighted by Gasteiger charge is 2.24. The van der Waals surface area contributed by atoms with Crippen LogP contribution in [0.5, 0.6) is 0 Å². The van der Waals surface area contributed by atoms with Crippen LogP contribution in [0.15, 0.2) is 54.7 Å². The van der Waals surface area contributed by atoms with Crippen molar-refractivity contribution in [2.45, 2.75) is 25.9 Å². The minimum absolute atomic E-state index is 0. The van der Waals surface area contributed by atoms with Gasteiger partial charge in [-0.25, -0.2) is 0 Å². The molecule has 6 nitrogen and oxygen atoms in total. The van der Waals surface area contributed by atoms with Crippen molar-refractivity contribution in [2.24, 2.45) is 11.7 Å². The first kappa shape index (κ1) is 21.9. The van der Waals surface area contributed by atoms with Crippen LogP contribution in [0.3, 0.4) is 0 Å². The molecule has 3 atom stereocenters. The van der Waals surface area contributed by atoms with Crippen LogP contribution in [0.4, 0.5) is 0 Å². The second-order valence-electron chi connectivity index (χ2n) is 5.94. The number of pyridine rings is 1. The number of nitrogens with one attached hydrogen (secondary N) is 1. The van der Waals surface area contributed by atoms with Crippen LogP contribution in [0.1, 0.15) is 37.3 Å². The molecule has 3 aromatic rings. The Balaban J connectivity index is 0.00000169. The SMILES string of the molecule is CC(NC(=O)C(C)C(N)c1ccccc1)c1nnc2ccccn12.Cl.Cl. The Kier molecular flexibility index (Phi) is 8.02. The van der Waals surface area contributed by atoms with Crippen molar-refractivity contribution >= 4 is 36.4 Å². The summed E-state index contributed by atoms with van der Waals surface area (Å²) in [6.45, 7) is 3.73. The second-order valence-corrected chi connectivity index (χ2v) is 5.94. The van der Waals surface area contributed by atoms with E-state index in [9.17, 15) is 4.79 Å². The van der Waals surface area contributed by atoms with Crippen molar-refractivity contribution in [1.82, 2.24) is 19.9 Å². The summed E-state index contributed by atoms with van der Waals surface area (Å²) in [6.07, 6.45) is 1.88. The summed E-state index contributed by atoms with van der Waals surface area (Å²) in [5.41, 5.74) is 7.93. The van der Waals surface area contributed by atoms with E-state index in [1.54, 1.807) is 0 Å². The third-order valence-electron chi connectivity index (χ3n) is 4.22. The third kappa shape index (κ3) is 4.52. The highest BCUT2D eigenvalue weighted by molar-refractivity contribution is 5.85. The summed E-state index contributed by atoms with van der Waals surface area (Å²) in [5.74, 6) is 0.236. The number of carbonyl (C=O) groups is 1. The zero-order chi connectivity index (χ0) is 17.1. The lowest BCUT2D eigenvalue weighted by Crippen LogP contribution is -2.37. The average Bonchev–Trinajstić information content (AvgIpc) is 3.05. The molecule has 0 aliphatic carbocycles. The summed E-state index contributed by atoms with van der Waals surface area (Å²) < 4.78 is 1.87.